The number of hydrogen-bond acceptors (Lipinski definition) is 3. The Balaban J connectivity index is 2.43. The molecule has 5 nitrogen and oxygen atoms in total. The van der Waals surface area contributed by atoms with E-state index in [1.54, 1.807) is 0 Å². The van der Waals surface area contributed by atoms with E-state index < -0.39 is 12.0 Å². The molecule has 1 aromatic carbocycles. The Morgan fingerprint density at radius 1 is 1.25 bits per heavy atom. The monoisotopic (exact) mass is 274 g/mol. The standard InChI is InChI=1S/C15H18N2O3/c16-10-6-2-5-9-13(15(19)20)17-14(18)11-12-7-3-1-4-8-12/h1,3-4,7-8,13H,2,5-6,9,11H2,(H,17,18)(H,19,20)/t13-/m0/s1. The van der Waals surface area contributed by atoms with Gasteiger partial charge in [0, 0.05) is 6.42 Å². The van der Waals surface area contributed by atoms with Crippen molar-refractivity contribution in [2.24, 2.45) is 0 Å². The Hall–Kier alpha value is -2.35. The van der Waals surface area contributed by atoms with E-state index in [1.165, 1.54) is 0 Å². The fraction of sp³-hybridized carbons (Fsp3) is 0.400. The molecule has 0 radical (unpaired) electrons. The van der Waals surface area contributed by atoms with Crippen molar-refractivity contribution in [1.29, 1.82) is 5.26 Å². The van der Waals surface area contributed by atoms with E-state index in [1.807, 2.05) is 36.4 Å². The van der Waals surface area contributed by atoms with Crippen LogP contribution in [0.2, 0.25) is 0 Å². The second-order valence-electron chi connectivity index (χ2n) is 4.52. The summed E-state index contributed by atoms with van der Waals surface area (Å²) in [5.41, 5.74) is 0.846. The first-order chi connectivity index (χ1) is 9.63. The lowest BCUT2D eigenvalue weighted by Gasteiger charge is -2.14. The minimum atomic E-state index is -1.04. The number of carbonyl (C=O) groups excluding carboxylic acids is 1. The first-order valence-electron chi connectivity index (χ1n) is 6.56. The summed E-state index contributed by atoms with van der Waals surface area (Å²) in [7, 11) is 0. The zero-order chi connectivity index (χ0) is 14.8. The number of carboxylic acids is 1. The third-order valence-corrected chi connectivity index (χ3v) is 2.87. The van der Waals surface area contributed by atoms with Gasteiger partial charge in [-0.1, -0.05) is 30.3 Å². The minimum absolute atomic E-state index is 0.169. The third kappa shape index (κ3) is 6.01. The second-order valence-corrected chi connectivity index (χ2v) is 4.52. The van der Waals surface area contributed by atoms with E-state index in [2.05, 4.69) is 5.32 Å². The molecule has 0 aliphatic rings. The van der Waals surface area contributed by atoms with Crippen molar-refractivity contribution in [2.45, 2.75) is 38.1 Å². The zero-order valence-corrected chi connectivity index (χ0v) is 11.2. The molecule has 2 N–H and O–H groups in total. The highest BCUT2D eigenvalue weighted by molar-refractivity contribution is 5.84. The van der Waals surface area contributed by atoms with Crippen molar-refractivity contribution in [3.8, 4) is 6.07 Å². The Morgan fingerprint density at radius 3 is 2.55 bits per heavy atom. The molecule has 0 saturated carbocycles. The molecule has 5 heteroatoms. The van der Waals surface area contributed by atoms with Crippen LogP contribution >= 0.6 is 0 Å². The van der Waals surface area contributed by atoms with E-state index in [0.29, 0.717) is 25.7 Å². The maximum absolute atomic E-state index is 11.8. The number of nitrogens with one attached hydrogen (secondary N) is 1. The largest absolute Gasteiger partial charge is 0.480 e. The van der Waals surface area contributed by atoms with E-state index in [4.69, 9.17) is 10.4 Å². The van der Waals surface area contributed by atoms with Crippen molar-refractivity contribution in [3.63, 3.8) is 0 Å². The predicted octanol–water partition coefficient (Wildman–Crippen LogP) is 1.88. The molecule has 0 unspecified atom stereocenters. The quantitative estimate of drug-likeness (QED) is 0.708. The van der Waals surface area contributed by atoms with Gasteiger partial charge in [0.1, 0.15) is 6.04 Å². The highest BCUT2D eigenvalue weighted by Gasteiger charge is 2.19. The molecule has 0 saturated heterocycles. The van der Waals surface area contributed by atoms with Gasteiger partial charge >= 0.3 is 5.97 Å². The fourth-order valence-electron chi connectivity index (χ4n) is 1.84. The smallest absolute Gasteiger partial charge is 0.326 e. The summed E-state index contributed by atoms with van der Waals surface area (Å²) in [6.45, 7) is 0. The lowest BCUT2D eigenvalue weighted by atomic mass is 10.1. The van der Waals surface area contributed by atoms with Crippen LogP contribution in [0.4, 0.5) is 0 Å². The Kier molecular flexibility index (Phi) is 6.83. The van der Waals surface area contributed by atoms with Crippen LogP contribution in [0, 0.1) is 11.3 Å². The average Bonchev–Trinajstić information content (AvgIpc) is 2.43. The summed E-state index contributed by atoms with van der Waals surface area (Å²) in [6.07, 6.45) is 2.18. The number of rotatable bonds is 8. The van der Waals surface area contributed by atoms with Crippen molar-refractivity contribution < 1.29 is 14.7 Å². The molecule has 0 aliphatic heterocycles. The molecular formula is C15H18N2O3. The SMILES string of the molecule is N#CCCCC[C@H](NC(=O)Cc1ccccc1)C(=O)O. The lowest BCUT2D eigenvalue weighted by Crippen LogP contribution is -2.41. The molecule has 0 bridgehead atoms. The van der Waals surface area contributed by atoms with Gasteiger partial charge in [0.25, 0.3) is 0 Å². The van der Waals surface area contributed by atoms with Gasteiger partial charge in [0.2, 0.25) is 5.91 Å². The van der Waals surface area contributed by atoms with Gasteiger partial charge in [0.15, 0.2) is 0 Å². The number of unbranched alkanes of at least 4 members (excludes halogenated alkanes) is 2. The summed E-state index contributed by atoms with van der Waals surface area (Å²) >= 11 is 0. The van der Waals surface area contributed by atoms with Crippen molar-refractivity contribution >= 4 is 11.9 Å². The Morgan fingerprint density at radius 2 is 1.95 bits per heavy atom. The number of amides is 1. The predicted molar refractivity (Wildman–Crippen MR) is 73.8 cm³/mol. The maximum Gasteiger partial charge on any atom is 0.326 e. The number of nitriles is 1. The van der Waals surface area contributed by atoms with E-state index in [0.717, 1.165) is 5.56 Å². The number of aliphatic carboxylic acids is 1. The van der Waals surface area contributed by atoms with Crippen molar-refractivity contribution in [2.75, 3.05) is 0 Å². The number of carbonyl (C=O) groups is 2. The topological polar surface area (TPSA) is 90.2 Å². The highest BCUT2D eigenvalue weighted by Crippen LogP contribution is 2.05. The van der Waals surface area contributed by atoms with Crippen LogP contribution in [-0.2, 0) is 16.0 Å². The van der Waals surface area contributed by atoms with Gasteiger partial charge in [-0.05, 0) is 24.8 Å². The van der Waals surface area contributed by atoms with E-state index in [-0.39, 0.29) is 12.3 Å². The minimum Gasteiger partial charge on any atom is -0.480 e. The summed E-state index contributed by atoms with van der Waals surface area (Å²) in [6, 6.07) is 10.3. The van der Waals surface area contributed by atoms with Gasteiger partial charge in [-0.15, -0.1) is 0 Å². The van der Waals surface area contributed by atoms with Gasteiger partial charge in [-0.25, -0.2) is 4.79 Å². The molecule has 1 aromatic rings. The zero-order valence-electron chi connectivity index (χ0n) is 11.2. The molecule has 0 spiro atoms. The maximum atomic E-state index is 11.8. The van der Waals surface area contributed by atoms with Crippen molar-refractivity contribution in [3.05, 3.63) is 35.9 Å². The van der Waals surface area contributed by atoms with Crippen LogP contribution in [0.1, 0.15) is 31.2 Å². The third-order valence-electron chi connectivity index (χ3n) is 2.87. The summed E-state index contributed by atoms with van der Waals surface area (Å²) in [5.74, 6) is -1.34. The van der Waals surface area contributed by atoms with E-state index >= 15 is 0 Å². The Labute approximate surface area is 118 Å². The first kappa shape index (κ1) is 15.7. The number of carboxylic acid groups (broad SMARTS) is 1. The summed E-state index contributed by atoms with van der Waals surface area (Å²) in [5, 5.41) is 20.0. The molecule has 0 heterocycles. The summed E-state index contributed by atoms with van der Waals surface area (Å²) in [4.78, 5) is 22.9. The normalized spacial score (nSPS) is 11.3. The van der Waals surface area contributed by atoms with Crippen molar-refractivity contribution in [1.82, 2.24) is 5.32 Å². The van der Waals surface area contributed by atoms with Crippen LogP contribution in [0.5, 0.6) is 0 Å². The molecule has 1 rings (SSSR count). The molecule has 0 aromatic heterocycles. The van der Waals surface area contributed by atoms with Crippen LogP contribution in [-0.4, -0.2) is 23.0 Å². The van der Waals surface area contributed by atoms with Gasteiger partial charge in [-0.2, -0.15) is 5.26 Å². The number of hydrogen-bond donors (Lipinski definition) is 2. The lowest BCUT2D eigenvalue weighted by molar-refractivity contribution is -0.142. The molecule has 20 heavy (non-hydrogen) atoms. The molecular weight excluding hydrogens is 256 g/mol. The number of nitrogens with zero attached hydrogens (tertiary/aromatic N) is 1. The van der Waals surface area contributed by atoms with Crippen LogP contribution in [0.15, 0.2) is 30.3 Å². The van der Waals surface area contributed by atoms with Gasteiger partial charge in [-0.3, -0.25) is 4.79 Å². The molecule has 0 fully saturated rings. The fourth-order valence-corrected chi connectivity index (χ4v) is 1.84. The second kappa shape index (κ2) is 8.70. The van der Waals surface area contributed by atoms with Crippen LogP contribution in [0.25, 0.3) is 0 Å². The average molecular weight is 274 g/mol. The van der Waals surface area contributed by atoms with Gasteiger partial charge in [0.05, 0.1) is 12.5 Å². The van der Waals surface area contributed by atoms with E-state index in [9.17, 15) is 9.59 Å². The summed E-state index contributed by atoms with van der Waals surface area (Å²) < 4.78 is 0. The highest BCUT2D eigenvalue weighted by atomic mass is 16.4. The van der Waals surface area contributed by atoms with Crippen LogP contribution < -0.4 is 5.32 Å². The first-order valence-corrected chi connectivity index (χ1v) is 6.56. The van der Waals surface area contributed by atoms with Gasteiger partial charge < -0.3 is 10.4 Å². The van der Waals surface area contributed by atoms with Crippen LogP contribution in [0.3, 0.4) is 0 Å². The molecule has 1 atom stereocenters. The molecule has 1 amide bonds. The number of benzene rings is 1. The Bertz CT molecular complexity index is 480. The molecule has 0 aliphatic carbocycles. The molecule has 106 valence electrons.